The van der Waals surface area contributed by atoms with Crippen LogP contribution in [0, 0.1) is 10.1 Å². The van der Waals surface area contributed by atoms with Crippen molar-refractivity contribution in [2.24, 2.45) is 5.73 Å². The third-order valence-electron chi connectivity index (χ3n) is 3.15. The van der Waals surface area contributed by atoms with Gasteiger partial charge in [-0.2, -0.15) is 0 Å². The monoisotopic (exact) mass is 317 g/mol. The highest BCUT2D eigenvalue weighted by atomic mass is 32.1. The molecular formula is C15H15N3O3S. The van der Waals surface area contributed by atoms with Gasteiger partial charge in [-0.3, -0.25) is 10.1 Å². The number of rotatable bonds is 5. The highest BCUT2D eigenvalue weighted by molar-refractivity contribution is 7.80. The van der Waals surface area contributed by atoms with E-state index in [2.05, 4.69) is 5.32 Å². The first kappa shape index (κ1) is 15.7. The van der Waals surface area contributed by atoms with Gasteiger partial charge >= 0.3 is 0 Å². The zero-order valence-electron chi connectivity index (χ0n) is 11.9. The second-order valence-corrected chi connectivity index (χ2v) is 5.01. The molecular weight excluding hydrogens is 302 g/mol. The molecule has 0 aliphatic rings. The Hall–Kier alpha value is -2.67. The van der Waals surface area contributed by atoms with Gasteiger partial charge in [-0.1, -0.05) is 24.3 Å². The molecule has 7 heteroatoms. The van der Waals surface area contributed by atoms with Crippen LogP contribution in [0.25, 0.3) is 0 Å². The van der Waals surface area contributed by atoms with Crippen LogP contribution in [0.5, 0.6) is 5.75 Å². The topological polar surface area (TPSA) is 90.4 Å². The Morgan fingerprint density at radius 2 is 1.95 bits per heavy atom. The SMILES string of the molecule is COc1ccc(C(NC(N)=S)c2cccc([N+](=O)[O-])c2)cc1. The van der Waals surface area contributed by atoms with Gasteiger partial charge in [0, 0.05) is 12.1 Å². The standard InChI is InChI=1S/C15H15N3O3S/c1-21-13-7-5-10(6-8-13)14(17-15(16)22)11-3-2-4-12(9-11)18(19)20/h2-9,14H,1H3,(H3,16,17,22). The molecule has 1 unspecified atom stereocenters. The van der Waals surface area contributed by atoms with Crippen molar-refractivity contribution in [2.45, 2.75) is 6.04 Å². The number of thiocarbonyl (C=S) groups is 1. The molecule has 0 amide bonds. The quantitative estimate of drug-likeness (QED) is 0.500. The van der Waals surface area contributed by atoms with Crippen LogP contribution < -0.4 is 15.8 Å². The largest absolute Gasteiger partial charge is 0.497 e. The van der Waals surface area contributed by atoms with E-state index in [1.165, 1.54) is 12.1 Å². The molecule has 2 aromatic rings. The average Bonchev–Trinajstić information content (AvgIpc) is 2.52. The molecule has 2 aromatic carbocycles. The fourth-order valence-electron chi connectivity index (χ4n) is 2.12. The number of ether oxygens (including phenoxy) is 1. The van der Waals surface area contributed by atoms with Crippen LogP contribution in [-0.2, 0) is 0 Å². The molecule has 0 saturated heterocycles. The lowest BCUT2D eigenvalue weighted by atomic mass is 9.98. The van der Waals surface area contributed by atoms with Crippen molar-refractivity contribution < 1.29 is 9.66 Å². The van der Waals surface area contributed by atoms with Crippen LogP contribution in [0.2, 0.25) is 0 Å². The van der Waals surface area contributed by atoms with Crippen molar-refractivity contribution in [1.82, 2.24) is 5.32 Å². The Bertz CT molecular complexity index is 689. The molecule has 0 aliphatic heterocycles. The van der Waals surface area contributed by atoms with Gasteiger partial charge < -0.3 is 15.8 Å². The lowest BCUT2D eigenvalue weighted by molar-refractivity contribution is -0.384. The van der Waals surface area contributed by atoms with E-state index in [4.69, 9.17) is 22.7 Å². The summed E-state index contributed by atoms with van der Waals surface area (Å²) in [6.07, 6.45) is 0. The van der Waals surface area contributed by atoms with Gasteiger partial charge in [-0.15, -0.1) is 0 Å². The van der Waals surface area contributed by atoms with E-state index in [1.54, 1.807) is 31.4 Å². The summed E-state index contributed by atoms with van der Waals surface area (Å²) in [6, 6.07) is 13.3. The molecule has 0 bridgehead atoms. The number of nitrogens with one attached hydrogen (secondary N) is 1. The Kier molecular flexibility index (Phi) is 4.90. The number of benzene rings is 2. The van der Waals surface area contributed by atoms with Gasteiger partial charge in [0.25, 0.3) is 5.69 Å². The predicted octanol–water partition coefficient (Wildman–Crippen LogP) is 2.53. The molecule has 0 spiro atoms. The Balaban J connectivity index is 2.42. The van der Waals surface area contributed by atoms with Crippen LogP contribution in [-0.4, -0.2) is 17.1 Å². The van der Waals surface area contributed by atoms with Crippen LogP contribution in [0.1, 0.15) is 17.2 Å². The van der Waals surface area contributed by atoms with E-state index in [9.17, 15) is 10.1 Å². The summed E-state index contributed by atoms with van der Waals surface area (Å²) in [5.74, 6) is 0.719. The molecule has 0 fully saturated rings. The lowest BCUT2D eigenvalue weighted by Gasteiger charge is -2.20. The summed E-state index contributed by atoms with van der Waals surface area (Å²) >= 11 is 4.91. The number of nitro benzene ring substituents is 1. The third-order valence-corrected chi connectivity index (χ3v) is 3.27. The number of nitro groups is 1. The summed E-state index contributed by atoms with van der Waals surface area (Å²) in [6.45, 7) is 0. The number of non-ortho nitro benzene ring substituents is 1. The zero-order valence-corrected chi connectivity index (χ0v) is 12.7. The fourth-order valence-corrected chi connectivity index (χ4v) is 2.23. The summed E-state index contributed by atoms with van der Waals surface area (Å²) in [5.41, 5.74) is 7.17. The molecule has 0 heterocycles. The molecule has 6 nitrogen and oxygen atoms in total. The Morgan fingerprint density at radius 3 is 2.50 bits per heavy atom. The van der Waals surface area contributed by atoms with E-state index < -0.39 is 4.92 Å². The van der Waals surface area contributed by atoms with Crippen LogP contribution in [0.4, 0.5) is 5.69 Å². The predicted molar refractivity (Wildman–Crippen MR) is 87.9 cm³/mol. The van der Waals surface area contributed by atoms with Gasteiger partial charge in [0.1, 0.15) is 5.75 Å². The Labute approximate surface area is 133 Å². The van der Waals surface area contributed by atoms with E-state index in [1.807, 2.05) is 12.1 Å². The number of nitrogens with zero attached hydrogens (tertiary/aromatic N) is 1. The van der Waals surface area contributed by atoms with Crippen LogP contribution in [0.15, 0.2) is 48.5 Å². The maximum absolute atomic E-state index is 10.9. The number of hydrogen-bond acceptors (Lipinski definition) is 4. The van der Waals surface area contributed by atoms with Crippen molar-refractivity contribution in [1.29, 1.82) is 0 Å². The highest BCUT2D eigenvalue weighted by Crippen LogP contribution is 2.26. The molecule has 2 rings (SSSR count). The second-order valence-electron chi connectivity index (χ2n) is 4.57. The van der Waals surface area contributed by atoms with Crippen molar-refractivity contribution in [3.8, 4) is 5.75 Å². The lowest BCUT2D eigenvalue weighted by Crippen LogP contribution is -2.33. The minimum Gasteiger partial charge on any atom is -0.497 e. The molecule has 0 radical (unpaired) electrons. The third kappa shape index (κ3) is 3.70. The average molecular weight is 317 g/mol. The van der Waals surface area contributed by atoms with Gasteiger partial charge in [0.05, 0.1) is 18.1 Å². The van der Waals surface area contributed by atoms with Crippen LogP contribution in [0.3, 0.4) is 0 Å². The number of hydrogen-bond donors (Lipinski definition) is 2. The van der Waals surface area contributed by atoms with Crippen molar-refractivity contribution in [3.63, 3.8) is 0 Å². The molecule has 0 saturated carbocycles. The van der Waals surface area contributed by atoms with Crippen molar-refractivity contribution >= 4 is 23.0 Å². The molecule has 0 aromatic heterocycles. The number of methoxy groups -OCH3 is 1. The second kappa shape index (κ2) is 6.86. The summed E-state index contributed by atoms with van der Waals surface area (Å²) < 4.78 is 5.13. The molecule has 22 heavy (non-hydrogen) atoms. The molecule has 1 atom stereocenters. The first-order valence-corrected chi connectivity index (χ1v) is 6.86. The minimum absolute atomic E-state index is 0.0146. The van der Waals surface area contributed by atoms with E-state index in [-0.39, 0.29) is 16.8 Å². The van der Waals surface area contributed by atoms with Crippen molar-refractivity contribution in [3.05, 3.63) is 69.8 Å². The first-order chi connectivity index (χ1) is 10.5. The fraction of sp³-hybridized carbons (Fsp3) is 0.133. The first-order valence-electron chi connectivity index (χ1n) is 6.45. The normalized spacial score (nSPS) is 11.5. The summed E-state index contributed by atoms with van der Waals surface area (Å²) in [5, 5.41) is 14.0. The zero-order chi connectivity index (χ0) is 16.1. The summed E-state index contributed by atoms with van der Waals surface area (Å²) in [4.78, 5) is 10.5. The number of nitrogens with two attached hydrogens (primary N) is 1. The van der Waals surface area contributed by atoms with E-state index >= 15 is 0 Å². The molecule has 3 N–H and O–H groups in total. The van der Waals surface area contributed by atoms with Gasteiger partial charge in [0.2, 0.25) is 0 Å². The highest BCUT2D eigenvalue weighted by Gasteiger charge is 2.17. The molecule has 0 aliphatic carbocycles. The van der Waals surface area contributed by atoms with Crippen molar-refractivity contribution in [2.75, 3.05) is 7.11 Å². The van der Waals surface area contributed by atoms with E-state index in [0.717, 1.165) is 11.3 Å². The maximum atomic E-state index is 10.9. The maximum Gasteiger partial charge on any atom is 0.269 e. The Morgan fingerprint density at radius 1 is 1.27 bits per heavy atom. The minimum atomic E-state index is -0.435. The summed E-state index contributed by atoms with van der Waals surface area (Å²) in [7, 11) is 1.58. The van der Waals surface area contributed by atoms with E-state index in [0.29, 0.717) is 5.56 Å². The van der Waals surface area contributed by atoms with Crippen LogP contribution >= 0.6 is 12.2 Å². The van der Waals surface area contributed by atoms with Gasteiger partial charge in [-0.05, 0) is 35.5 Å². The van der Waals surface area contributed by atoms with Gasteiger partial charge in [-0.25, -0.2) is 0 Å². The molecule has 114 valence electrons. The smallest absolute Gasteiger partial charge is 0.269 e. The van der Waals surface area contributed by atoms with Gasteiger partial charge in [0.15, 0.2) is 5.11 Å².